The van der Waals surface area contributed by atoms with Crippen molar-refractivity contribution < 1.29 is 19.1 Å². The van der Waals surface area contributed by atoms with Gasteiger partial charge in [-0.3, -0.25) is 4.98 Å². The molecule has 0 atom stereocenters. The topological polar surface area (TPSA) is 89.6 Å². The van der Waals surface area contributed by atoms with Crippen LogP contribution in [0.1, 0.15) is 33.6 Å². The van der Waals surface area contributed by atoms with Gasteiger partial charge < -0.3 is 14.3 Å². The molecule has 6 nitrogen and oxygen atoms in total. The van der Waals surface area contributed by atoms with Gasteiger partial charge in [0, 0.05) is 34.2 Å². The van der Waals surface area contributed by atoms with Crippen LogP contribution in [0, 0.1) is 0 Å². The number of carbonyl (C=O) groups is 1. The Hall–Kier alpha value is -3.67. The third kappa shape index (κ3) is 3.02. The standard InChI is InChI=1S/C23H17NO5/c25-14-8-9-15-13(10-21(26)29-20(15)11-14)12-28-23(27)22-16-4-1-2-6-18(16)24-19-7-3-5-17(19)22/h1-2,4,6,8-11,25H,3,5,7,12H2. The molecule has 0 fully saturated rings. The van der Waals surface area contributed by atoms with Crippen LogP contribution in [0.3, 0.4) is 0 Å². The van der Waals surface area contributed by atoms with Crippen LogP contribution in [0.2, 0.25) is 0 Å². The van der Waals surface area contributed by atoms with E-state index in [1.807, 2.05) is 24.3 Å². The van der Waals surface area contributed by atoms with Gasteiger partial charge in [-0.05, 0) is 43.0 Å². The van der Waals surface area contributed by atoms with Crippen LogP contribution in [-0.4, -0.2) is 16.1 Å². The first-order chi connectivity index (χ1) is 14.1. The highest BCUT2D eigenvalue weighted by atomic mass is 16.5. The largest absolute Gasteiger partial charge is 0.508 e. The number of hydrogen-bond acceptors (Lipinski definition) is 6. The van der Waals surface area contributed by atoms with Gasteiger partial charge in [-0.25, -0.2) is 9.59 Å². The SMILES string of the molecule is O=C(OCc1cc(=O)oc2cc(O)ccc12)c1c2c(nc3ccccc13)CCC2. The Labute approximate surface area is 165 Å². The molecule has 1 aliphatic rings. The molecule has 29 heavy (non-hydrogen) atoms. The van der Waals surface area contributed by atoms with Crippen molar-refractivity contribution in [2.24, 2.45) is 0 Å². The van der Waals surface area contributed by atoms with Crippen molar-refractivity contribution >= 4 is 27.8 Å². The van der Waals surface area contributed by atoms with Crippen molar-refractivity contribution in [1.29, 1.82) is 0 Å². The number of phenolic OH excluding ortho intramolecular Hbond substituents is 1. The Morgan fingerprint density at radius 2 is 1.97 bits per heavy atom. The average Bonchev–Trinajstić information content (AvgIpc) is 3.17. The van der Waals surface area contributed by atoms with E-state index >= 15 is 0 Å². The predicted molar refractivity (Wildman–Crippen MR) is 107 cm³/mol. The summed E-state index contributed by atoms with van der Waals surface area (Å²) < 4.78 is 10.8. The number of esters is 1. The Bertz CT molecular complexity index is 1340. The number of aryl methyl sites for hydroxylation is 1. The highest BCUT2D eigenvalue weighted by Crippen LogP contribution is 2.31. The van der Waals surface area contributed by atoms with Gasteiger partial charge in [0.25, 0.3) is 0 Å². The van der Waals surface area contributed by atoms with E-state index in [0.29, 0.717) is 16.5 Å². The van der Waals surface area contributed by atoms with Gasteiger partial charge in [0.15, 0.2) is 0 Å². The number of nitrogens with zero attached hydrogens (tertiary/aromatic N) is 1. The fourth-order valence-corrected chi connectivity index (χ4v) is 4.00. The Balaban J connectivity index is 1.53. The van der Waals surface area contributed by atoms with E-state index < -0.39 is 11.6 Å². The lowest BCUT2D eigenvalue weighted by Crippen LogP contribution is -2.11. The van der Waals surface area contributed by atoms with Gasteiger partial charge in [0.2, 0.25) is 0 Å². The third-order valence-corrected chi connectivity index (χ3v) is 5.30. The lowest BCUT2D eigenvalue weighted by Gasteiger charge is -2.12. The summed E-state index contributed by atoms with van der Waals surface area (Å²) >= 11 is 0. The summed E-state index contributed by atoms with van der Waals surface area (Å²) in [6.45, 7) is -0.0723. The van der Waals surface area contributed by atoms with Gasteiger partial charge >= 0.3 is 11.6 Å². The Morgan fingerprint density at radius 1 is 1.10 bits per heavy atom. The van der Waals surface area contributed by atoms with Crippen molar-refractivity contribution in [2.45, 2.75) is 25.9 Å². The quantitative estimate of drug-likeness (QED) is 0.424. The predicted octanol–water partition coefficient (Wildman–Crippen LogP) is 3.89. The second-order valence-corrected chi connectivity index (χ2v) is 7.13. The summed E-state index contributed by atoms with van der Waals surface area (Å²) in [5.74, 6) is -0.435. The Morgan fingerprint density at radius 3 is 2.86 bits per heavy atom. The van der Waals surface area contributed by atoms with Gasteiger partial charge in [0.1, 0.15) is 17.9 Å². The van der Waals surface area contributed by atoms with Crippen LogP contribution in [0.15, 0.2) is 57.7 Å². The van der Waals surface area contributed by atoms with E-state index in [1.54, 1.807) is 6.07 Å². The molecule has 4 aromatic rings. The molecular formula is C23H17NO5. The number of pyridine rings is 1. The lowest BCUT2D eigenvalue weighted by atomic mass is 10.0. The van der Waals surface area contributed by atoms with Gasteiger partial charge in [-0.2, -0.15) is 0 Å². The van der Waals surface area contributed by atoms with Crippen LogP contribution in [0.5, 0.6) is 5.75 Å². The third-order valence-electron chi connectivity index (χ3n) is 5.30. The summed E-state index contributed by atoms with van der Waals surface area (Å²) in [6, 6.07) is 13.4. The summed E-state index contributed by atoms with van der Waals surface area (Å²) in [7, 11) is 0. The molecule has 0 saturated heterocycles. The summed E-state index contributed by atoms with van der Waals surface area (Å²) in [4.78, 5) is 29.6. The van der Waals surface area contributed by atoms with Crippen molar-refractivity contribution in [3.8, 4) is 5.75 Å². The second kappa shape index (κ2) is 6.74. The average molecular weight is 387 g/mol. The van der Waals surface area contributed by atoms with Crippen molar-refractivity contribution in [2.75, 3.05) is 0 Å². The van der Waals surface area contributed by atoms with Crippen LogP contribution >= 0.6 is 0 Å². The maximum Gasteiger partial charge on any atom is 0.339 e. The molecule has 0 bridgehead atoms. The molecule has 2 heterocycles. The number of ether oxygens (including phenoxy) is 1. The van der Waals surface area contributed by atoms with E-state index in [9.17, 15) is 14.7 Å². The van der Waals surface area contributed by atoms with Gasteiger partial charge in [-0.15, -0.1) is 0 Å². The number of aromatic nitrogens is 1. The fraction of sp³-hybridized carbons (Fsp3) is 0.174. The minimum atomic E-state index is -0.565. The van der Waals surface area contributed by atoms with Crippen LogP contribution in [0.4, 0.5) is 0 Å². The molecule has 1 N–H and O–H groups in total. The first kappa shape index (κ1) is 17.4. The molecule has 0 amide bonds. The van der Waals surface area contributed by atoms with E-state index in [2.05, 4.69) is 0 Å². The fourth-order valence-electron chi connectivity index (χ4n) is 4.00. The molecular weight excluding hydrogens is 370 g/mol. The molecule has 0 saturated carbocycles. The van der Waals surface area contributed by atoms with Gasteiger partial charge in [-0.1, -0.05) is 18.2 Å². The lowest BCUT2D eigenvalue weighted by molar-refractivity contribution is 0.0475. The van der Waals surface area contributed by atoms with Crippen LogP contribution in [0.25, 0.3) is 21.9 Å². The maximum absolute atomic E-state index is 13.1. The normalized spacial score (nSPS) is 13.0. The van der Waals surface area contributed by atoms with Gasteiger partial charge in [0.05, 0.1) is 11.1 Å². The van der Waals surface area contributed by atoms with Crippen LogP contribution in [-0.2, 0) is 24.2 Å². The highest BCUT2D eigenvalue weighted by molar-refractivity contribution is 6.05. The minimum Gasteiger partial charge on any atom is -0.508 e. The summed E-state index contributed by atoms with van der Waals surface area (Å²) in [6.07, 6.45) is 2.62. The number of hydrogen-bond donors (Lipinski definition) is 1. The number of aromatic hydroxyl groups is 1. The van der Waals surface area contributed by atoms with E-state index in [-0.39, 0.29) is 17.9 Å². The van der Waals surface area contributed by atoms with Crippen LogP contribution < -0.4 is 5.63 Å². The van der Waals surface area contributed by atoms with E-state index in [1.165, 1.54) is 18.2 Å². The number of para-hydroxylation sites is 1. The zero-order valence-electron chi connectivity index (χ0n) is 15.5. The van der Waals surface area contributed by atoms with Crippen molar-refractivity contribution in [3.05, 3.63) is 81.3 Å². The summed E-state index contributed by atoms with van der Waals surface area (Å²) in [5, 5.41) is 11.0. The molecule has 0 spiro atoms. The zero-order valence-corrected chi connectivity index (χ0v) is 15.5. The van der Waals surface area contributed by atoms with E-state index in [4.69, 9.17) is 14.1 Å². The molecule has 6 heteroatoms. The minimum absolute atomic E-state index is 0.00591. The van der Waals surface area contributed by atoms with E-state index in [0.717, 1.165) is 41.4 Å². The molecule has 0 aliphatic heterocycles. The number of fused-ring (bicyclic) bond motifs is 3. The molecule has 2 aromatic heterocycles. The maximum atomic E-state index is 13.1. The monoisotopic (exact) mass is 387 g/mol. The number of phenols is 1. The number of rotatable bonds is 3. The zero-order chi connectivity index (χ0) is 20.0. The second-order valence-electron chi connectivity index (χ2n) is 7.13. The Kier molecular flexibility index (Phi) is 4.05. The molecule has 1 aliphatic carbocycles. The molecule has 0 radical (unpaired) electrons. The molecule has 2 aromatic carbocycles. The number of benzene rings is 2. The first-order valence-corrected chi connectivity index (χ1v) is 9.43. The smallest absolute Gasteiger partial charge is 0.339 e. The number of carbonyl (C=O) groups excluding carboxylic acids is 1. The first-order valence-electron chi connectivity index (χ1n) is 9.43. The molecule has 144 valence electrons. The summed E-state index contributed by atoms with van der Waals surface area (Å²) in [5.41, 5.74) is 3.46. The van der Waals surface area contributed by atoms with Crippen molar-refractivity contribution in [1.82, 2.24) is 4.98 Å². The highest BCUT2D eigenvalue weighted by Gasteiger charge is 2.25. The molecule has 5 rings (SSSR count). The van der Waals surface area contributed by atoms with Crippen molar-refractivity contribution in [3.63, 3.8) is 0 Å². The molecule has 0 unspecified atom stereocenters.